The van der Waals surface area contributed by atoms with Gasteiger partial charge in [-0.25, -0.2) is 0 Å². The lowest BCUT2D eigenvalue weighted by molar-refractivity contribution is -0.143. The predicted molar refractivity (Wildman–Crippen MR) is 121 cm³/mol. The summed E-state index contributed by atoms with van der Waals surface area (Å²) in [6.07, 6.45) is -11.1. The maximum Gasteiger partial charge on any atom is 0.416 e. The Balaban J connectivity index is 1.72. The lowest BCUT2D eigenvalue weighted by Crippen LogP contribution is -2.46. The van der Waals surface area contributed by atoms with Crippen molar-refractivity contribution in [2.75, 3.05) is 0 Å². The van der Waals surface area contributed by atoms with Gasteiger partial charge in [-0.15, -0.1) is 0 Å². The van der Waals surface area contributed by atoms with Crippen molar-refractivity contribution in [2.45, 2.75) is 31.2 Å². The number of rotatable bonds is 8. The zero-order valence-corrected chi connectivity index (χ0v) is 19.0. The van der Waals surface area contributed by atoms with Crippen LogP contribution in [-0.2, 0) is 34.8 Å². The Bertz CT molecular complexity index is 1250. The van der Waals surface area contributed by atoms with Crippen molar-refractivity contribution in [2.24, 2.45) is 5.73 Å². The van der Waals surface area contributed by atoms with Gasteiger partial charge in [-0.3, -0.25) is 14.4 Å². The van der Waals surface area contributed by atoms with Crippen molar-refractivity contribution in [3.05, 3.63) is 106 Å². The highest BCUT2D eigenvalue weighted by Crippen LogP contribution is 2.36. The van der Waals surface area contributed by atoms with Gasteiger partial charge >= 0.3 is 12.4 Å². The molecular formula is C26H20F6N2O3. The molecule has 0 aromatic heterocycles. The molecule has 0 radical (unpaired) electrons. The van der Waals surface area contributed by atoms with Crippen molar-refractivity contribution in [1.29, 1.82) is 0 Å². The van der Waals surface area contributed by atoms with Crippen molar-refractivity contribution < 1.29 is 40.7 Å². The molecule has 0 fully saturated rings. The molecule has 0 heterocycles. The second-order valence-corrected chi connectivity index (χ2v) is 8.21. The summed E-state index contributed by atoms with van der Waals surface area (Å²) in [4.78, 5) is 36.8. The maximum absolute atomic E-state index is 13.1. The molecule has 11 heteroatoms. The summed E-state index contributed by atoms with van der Waals surface area (Å²) in [5, 5.41) is 2.25. The number of halogens is 6. The molecule has 1 atom stereocenters. The summed E-state index contributed by atoms with van der Waals surface area (Å²) in [6, 6.07) is 14.2. The Morgan fingerprint density at radius 2 is 1.24 bits per heavy atom. The summed E-state index contributed by atoms with van der Waals surface area (Å²) in [5.41, 5.74) is 3.05. The van der Waals surface area contributed by atoms with E-state index < -0.39 is 53.3 Å². The molecule has 0 unspecified atom stereocenters. The largest absolute Gasteiger partial charge is 0.416 e. The number of carbonyl (C=O) groups excluding carboxylic acids is 3. The Labute approximate surface area is 207 Å². The van der Waals surface area contributed by atoms with E-state index in [0.29, 0.717) is 28.8 Å². The summed E-state index contributed by atoms with van der Waals surface area (Å²) in [5.74, 6) is -2.18. The molecule has 3 rings (SSSR count). The highest BCUT2D eigenvalue weighted by atomic mass is 19.4. The summed E-state index contributed by atoms with van der Waals surface area (Å²) < 4.78 is 78.3. The Morgan fingerprint density at radius 1 is 0.730 bits per heavy atom. The van der Waals surface area contributed by atoms with Crippen LogP contribution < -0.4 is 11.1 Å². The predicted octanol–water partition coefficient (Wildman–Crippen LogP) is 4.71. The van der Waals surface area contributed by atoms with E-state index in [-0.39, 0.29) is 18.3 Å². The van der Waals surface area contributed by atoms with Crippen molar-refractivity contribution in [3.63, 3.8) is 0 Å². The number of hydrogen-bond donors (Lipinski definition) is 2. The van der Waals surface area contributed by atoms with E-state index in [2.05, 4.69) is 5.32 Å². The number of benzene rings is 3. The first-order chi connectivity index (χ1) is 17.2. The van der Waals surface area contributed by atoms with Gasteiger partial charge in [-0.05, 0) is 29.3 Å². The SMILES string of the molecule is NC(=O)[C@H](Cc1ccc(C(=O)c2ccccc2)cc1)NC(=O)Cc1cc(C(F)(F)F)cc(C(F)(F)F)c1. The smallest absolute Gasteiger partial charge is 0.368 e. The van der Waals surface area contributed by atoms with E-state index in [0.717, 1.165) is 0 Å². The third-order valence-corrected chi connectivity index (χ3v) is 5.38. The minimum atomic E-state index is -5.06. The van der Waals surface area contributed by atoms with Crippen LogP contribution in [0.4, 0.5) is 26.3 Å². The fourth-order valence-corrected chi connectivity index (χ4v) is 3.56. The van der Waals surface area contributed by atoms with Crippen LogP contribution in [0.1, 0.15) is 38.2 Å². The fraction of sp³-hybridized carbons (Fsp3) is 0.192. The quantitative estimate of drug-likeness (QED) is 0.332. The van der Waals surface area contributed by atoms with Crippen LogP contribution in [0.5, 0.6) is 0 Å². The number of nitrogens with two attached hydrogens (primary N) is 1. The van der Waals surface area contributed by atoms with Crippen LogP contribution in [0.15, 0.2) is 72.8 Å². The van der Waals surface area contributed by atoms with Gasteiger partial charge in [0.05, 0.1) is 17.5 Å². The average molecular weight is 522 g/mol. The van der Waals surface area contributed by atoms with Gasteiger partial charge in [0.2, 0.25) is 11.8 Å². The lowest BCUT2D eigenvalue weighted by atomic mass is 9.99. The Morgan fingerprint density at radius 3 is 1.73 bits per heavy atom. The first-order valence-electron chi connectivity index (χ1n) is 10.8. The van der Waals surface area contributed by atoms with Gasteiger partial charge in [-0.2, -0.15) is 26.3 Å². The van der Waals surface area contributed by atoms with Gasteiger partial charge in [0.1, 0.15) is 6.04 Å². The number of carbonyl (C=O) groups is 3. The van der Waals surface area contributed by atoms with E-state index in [1.165, 1.54) is 12.1 Å². The van der Waals surface area contributed by atoms with Gasteiger partial charge in [-0.1, -0.05) is 54.6 Å². The van der Waals surface area contributed by atoms with Crippen LogP contribution in [0.3, 0.4) is 0 Å². The summed E-state index contributed by atoms with van der Waals surface area (Å²) in [6.45, 7) is 0. The van der Waals surface area contributed by atoms with E-state index in [4.69, 9.17) is 5.73 Å². The molecule has 0 bridgehead atoms. The van der Waals surface area contributed by atoms with Crippen molar-refractivity contribution >= 4 is 17.6 Å². The first-order valence-corrected chi connectivity index (χ1v) is 10.8. The zero-order chi connectivity index (χ0) is 27.4. The molecular weight excluding hydrogens is 502 g/mol. The van der Waals surface area contributed by atoms with Crippen LogP contribution in [0, 0.1) is 0 Å². The molecule has 0 aliphatic carbocycles. The average Bonchev–Trinajstić information content (AvgIpc) is 2.83. The fourth-order valence-electron chi connectivity index (χ4n) is 3.56. The van der Waals surface area contributed by atoms with Crippen LogP contribution in [0.2, 0.25) is 0 Å². The van der Waals surface area contributed by atoms with Crippen molar-refractivity contribution in [1.82, 2.24) is 5.32 Å². The number of hydrogen-bond acceptors (Lipinski definition) is 3. The minimum Gasteiger partial charge on any atom is -0.368 e. The number of alkyl halides is 6. The van der Waals surface area contributed by atoms with E-state index >= 15 is 0 Å². The molecule has 0 spiro atoms. The second-order valence-electron chi connectivity index (χ2n) is 8.21. The molecule has 5 nitrogen and oxygen atoms in total. The molecule has 3 N–H and O–H groups in total. The van der Waals surface area contributed by atoms with Gasteiger partial charge in [0, 0.05) is 17.5 Å². The maximum atomic E-state index is 13.1. The standard InChI is InChI=1S/C26H20F6N2O3/c27-25(28,29)19-10-16(11-20(14-19)26(30,31)32)13-22(35)34-21(24(33)37)12-15-6-8-18(9-7-15)23(36)17-4-2-1-3-5-17/h1-11,14,21H,12-13H2,(H2,33,37)(H,34,35)/t21-/m0/s1. The topological polar surface area (TPSA) is 89.3 Å². The monoisotopic (exact) mass is 522 g/mol. The number of ketones is 1. The molecule has 194 valence electrons. The molecule has 0 saturated heterocycles. The highest BCUT2D eigenvalue weighted by Gasteiger charge is 2.37. The van der Waals surface area contributed by atoms with Gasteiger partial charge in [0.15, 0.2) is 5.78 Å². The summed E-state index contributed by atoms with van der Waals surface area (Å²) >= 11 is 0. The number of nitrogens with one attached hydrogen (secondary N) is 1. The number of amides is 2. The lowest BCUT2D eigenvalue weighted by Gasteiger charge is -2.17. The van der Waals surface area contributed by atoms with Gasteiger partial charge in [0.25, 0.3) is 0 Å². The van der Waals surface area contributed by atoms with E-state index in [1.54, 1.807) is 42.5 Å². The Kier molecular flexibility index (Phi) is 8.05. The first kappa shape index (κ1) is 27.4. The minimum absolute atomic E-state index is 0.0418. The summed E-state index contributed by atoms with van der Waals surface area (Å²) in [7, 11) is 0. The normalized spacial score (nSPS) is 12.6. The Hall–Kier alpha value is -4.15. The third-order valence-electron chi connectivity index (χ3n) is 5.38. The molecule has 0 aliphatic heterocycles. The van der Waals surface area contributed by atoms with E-state index in [9.17, 15) is 40.7 Å². The molecule has 0 saturated carbocycles. The van der Waals surface area contributed by atoms with Crippen LogP contribution >= 0.6 is 0 Å². The molecule has 3 aromatic carbocycles. The van der Waals surface area contributed by atoms with Gasteiger partial charge < -0.3 is 11.1 Å². The molecule has 37 heavy (non-hydrogen) atoms. The van der Waals surface area contributed by atoms with E-state index in [1.807, 2.05) is 0 Å². The molecule has 2 amide bonds. The zero-order valence-electron chi connectivity index (χ0n) is 19.0. The number of primary amides is 1. The highest BCUT2D eigenvalue weighted by molar-refractivity contribution is 6.08. The third kappa shape index (κ3) is 7.42. The van der Waals surface area contributed by atoms with Crippen molar-refractivity contribution in [3.8, 4) is 0 Å². The molecule has 3 aromatic rings. The second kappa shape index (κ2) is 10.9. The van der Waals surface area contributed by atoms with Crippen LogP contribution in [0.25, 0.3) is 0 Å². The molecule has 0 aliphatic rings. The van der Waals surface area contributed by atoms with Crippen LogP contribution in [-0.4, -0.2) is 23.6 Å².